The second-order valence-electron chi connectivity index (χ2n) is 6.12. The summed E-state index contributed by atoms with van der Waals surface area (Å²) in [7, 11) is 0. The van der Waals surface area contributed by atoms with Crippen molar-refractivity contribution in [2.75, 3.05) is 6.61 Å². The fourth-order valence-corrected chi connectivity index (χ4v) is 2.13. The number of ether oxygens (including phenoxy) is 2. The molecular formula is C17H21N3O4. The predicted octanol–water partition coefficient (Wildman–Crippen LogP) is 2.33. The first-order chi connectivity index (χ1) is 11.3. The van der Waals surface area contributed by atoms with E-state index in [0.29, 0.717) is 23.5 Å². The molecule has 2 rings (SSSR count). The number of hydrogen-bond acceptors (Lipinski definition) is 6. The van der Waals surface area contributed by atoms with Crippen molar-refractivity contribution in [3.63, 3.8) is 0 Å². The average molecular weight is 331 g/mol. The van der Waals surface area contributed by atoms with Crippen LogP contribution in [0, 0.1) is 0 Å². The topological polar surface area (TPSA) is 83.3 Å². The van der Waals surface area contributed by atoms with Gasteiger partial charge in [0.1, 0.15) is 11.2 Å². The molecular weight excluding hydrogens is 310 g/mol. The van der Waals surface area contributed by atoms with Crippen LogP contribution in [0.1, 0.15) is 43.7 Å². The molecule has 128 valence electrons. The van der Waals surface area contributed by atoms with Gasteiger partial charge in [0.2, 0.25) is 0 Å². The summed E-state index contributed by atoms with van der Waals surface area (Å²) in [6.07, 6.45) is 3.63. The Balaban J connectivity index is 2.11. The molecule has 2 aromatic heterocycles. The lowest BCUT2D eigenvalue weighted by Gasteiger charge is -2.19. The zero-order valence-corrected chi connectivity index (χ0v) is 14.3. The van der Waals surface area contributed by atoms with E-state index in [1.807, 2.05) is 13.0 Å². The smallest absolute Gasteiger partial charge is 0.344 e. The second-order valence-corrected chi connectivity index (χ2v) is 6.12. The van der Waals surface area contributed by atoms with Gasteiger partial charge in [-0.25, -0.2) is 19.3 Å². The Hall–Kier alpha value is -2.70. The third-order valence-corrected chi connectivity index (χ3v) is 3.03. The monoisotopic (exact) mass is 331 g/mol. The average Bonchev–Trinajstić information content (AvgIpc) is 2.95. The molecule has 0 radical (unpaired) electrons. The Morgan fingerprint density at radius 2 is 2.00 bits per heavy atom. The molecule has 0 aliphatic heterocycles. The molecule has 0 aromatic carbocycles. The lowest BCUT2D eigenvalue weighted by molar-refractivity contribution is -0.158. The summed E-state index contributed by atoms with van der Waals surface area (Å²) in [5, 5.41) is 4.20. The number of pyridine rings is 1. The molecule has 0 saturated heterocycles. The van der Waals surface area contributed by atoms with Crippen LogP contribution in [-0.4, -0.2) is 38.9 Å². The molecule has 0 fully saturated rings. The number of nitrogens with zero attached hydrogens (tertiary/aromatic N) is 3. The Morgan fingerprint density at radius 1 is 1.25 bits per heavy atom. The third-order valence-electron chi connectivity index (χ3n) is 3.03. The van der Waals surface area contributed by atoms with E-state index in [1.165, 1.54) is 6.20 Å². The summed E-state index contributed by atoms with van der Waals surface area (Å²) in [6.45, 7) is 6.71. The highest BCUT2D eigenvalue weighted by Crippen LogP contribution is 2.15. The van der Waals surface area contributed by atoms with Gasteiger partial charge in [0, 0.05) is 6.20 Å². The van der Waals surface area contributed by atoms with Crippen molar-refractivity contribution in [1.82, 2.24) is 14.8 Å². The van der Waals surface area contributed by atoms with Gasteiger partial charge in [-0.05, 0) is 39.3 Å². The van der Waals surface area contributed by atoms with Crippen LogP contribution in [0.15, 0.2) is 30.6 Å². The van der Waals surface area contributed by atoms with Crippen molar-refractivity contribution in [2.24, 2.45) is 0 Å². The molecule has 0 bridgehead atoms. The van der Waals surface area contributed by atoms with Gasteiger partial charge in [0.15, 0.2) is 12.4 Å². The van der Waals surface area contributed by atoms with E-state index in [2.05, 4.69) is 10.1 Å². The minimum atomic E-state index is -0.623. The molecule has 0 atom stereocenters. The van der Waals surface area contributed by atoms with Gasteiger partial charge in [-0.15, -0.1) is 0 Å². The van der Waals surface area contributed by atoms with Gasteiger partial charge < -0.3 is 9.47 Å². The highest BCUT2D eigenvalue weighted by atomic mass is 16.6. The van der Waals surface area contributed by atoms with Crippen LogP contribution in [0.4, 0.5) is 0 Å². The number of esters is 2. The van der Waals surface area contributed by atoms with Crippen LogP contribution >= 0.6 is 0 Å². The summed E-state index contributed by atoms with van der Waals surface area (Å²) in [5.41, 5.74) is 0.358. The Bertz CT molecular complexity index is 717. The van der Waals surface area contributed by atoms with Gasteiger partial charge in [-0.1, -0.05) is 13.0 Å². The molecule has 2 heterocycles. The largest absolute Gasteiger partial charge is 0.457 e. The lowest BCUT2D eigenvalue weighted by atomic mass is 10.2. The Kier molecular flexibility index (Phi) is 5.33. The molecule has 7 heteroatoms. The number of hydrogen-bond donors (Lipinski definition) is 0. The van der Waals surface area contributed by atoms with E-state index in [4.69, 9.17) is 9.47 Å². The molecule has 0 aliphatic carbocycles. The van der Waals surface area contributed by atoms with Crippen molar-refractivity contribution in [3.8, 4) is 5.82 Å². The van der Waals surface area contributed by atoms with Gasteiger partial charge in [0.05, 0.1) is 11.9 Å². The normalized spacial score (nSPS) is 11.2. The molecule has 0 spiro atoms. The van der Waals surface area contributed by atoms with Crippen LogP contribution in [0.5, 0.6) is 0 Å². The second kappa shape index (κ2) is 7.25. The Morgan fingerprint density at radius 3 is 2.58 bits per heavy atom. The zero-order valence-electron chi connectivity index (χ0n) is 14.3. The van der Waals surface area contributed by atoms with Crippen molar-refractivity contribution in [1.29, 1.82) is 0 Å². The Labute approximate surface area is 140 Å². The van der Waals surface area contributed by atoms with Crippen LogP contribution in [0.2, 0.25) is 0 Å². The molecule has 0 aliphatic rings. The van der Waals surface area contributed by atoms with E-state index in [9.17, 15) is 9.59 Å². The van der Waals surface area contributed by atoms with E-state index in [0.717, 1.165) is 0 Å². The van der Waals surface area contributed by atoms with Crippen LogP contribution in [0.25, 0.3) is 5.82 Å². The first-order valence-corrected chi connectivity index (χ1v) is 7.69. The van der Waals surface area contributed by atoms with Gasteiger partial charge >= 0.3 is 11.9 Å². The number of carbonyl (C=O) groups excluding carboxylic acids is 2. The summed E-state index contributed by atoms with van der Waals surface area (Å²) in [5.74, 6) is -0.591. The molecule has 0 unspecified atom stereocenters. The number of aromatic nitrogens is 3. The van der Waals surface area contributed by atoms with Crippen LogP contribution < -0.4 is 0 Å². The van der Waals surface area contributed by atoms with Gasteiger partial charge in [-0.3, -0.25) is 0 Å². The molecule has 24 heavy (non-hydrogen) atoms. The van der Waals surface area contributed by atoms with Crippen molar-refractivity contribution in [3.05, 3.63) is 41.9 Å². The van der Waals surface area contributed by atoms with Crippen molar-refractivity contribution < 1.29 is 19.1 Å². The van der Waals surface area contributed by atoms with Gasteiger partial charge in [-0.2, -0.15) is 5.10 Å². The highest BCUT2D eigenvalue weighted by Gasteiger charge is 2.22. The standard InChI is InChI=1S/C17H21N3O4/c1-5-13-12(10-19-20(13)14-8-6-7-9-18-14)16(22)23-11-15(21)24-17(2,3)4/h6-10H,5,11H2,1-4H3. The minimum Gasteiger partial charge on any atom is -0.457 e. The third kappa shape index (κ3) is 4.41. The first-order valence-electron chi connectivity index (χ1n) is 7.69. The fourth-order valence-electron chi connectivity index (χ4n) is 2.13. The minimum absolute atomic E-state index is 0.312. The molecule has 7 nitrogen and oxygen atoms in total. The SMILES string of the molecule is CCc1c(C(=O)OCC(=O)OC(C)(C)C)cnn1-c1ccccn1. The van der Waals surface area contributed by atoms with Gasteiger partial charge in [0.25, 0.3) is 0 Å². The summed E-state index contributed by atoms with van der Waals surface area (Å²) < 4.78 is 11.7. The van der Waals surface area contributed by atoms with E-state index in [-0.39, 0.29) is 0 Å². The quantitative estimate of drug-likeness (QED) is 0.782. The van der Waals surface area contributed by atoms with Crippen molar-refractivity contribution in [2.45, 2.75) is 39.7 Å². The number of rotatable bonds is 5. The predicted molar refractivity (Wildman–Crippen MR) is 86.9 cm³/mol. The molecule has 0 amide bonds. The fraction of sp³-hybridized carbons (Fsp3) is 0.412. The molecule has 2 aromatic rings. The maximum atomic E-state index is 12.2. The van der Waals surface area contributed by atoms with Crippen molar-refractivity contribution >= 4 is 11.9 Å². The summed E-state index contributed by atoms with van der Waals surface area (Å²) in [4.78, 5) is 28.1. The summed E-state index contributed by atoms with van der Waals surface area (Å²) in [6, 6.07) is 5.43. The molecule has 0 saturated carbocycles. The van der Waals surface area contributed by atoms with E-state index >= 15 is 0 Å². The van der Waals surface area contributed by atoms with E-state index in [1.54, 1.807) is 43.8 Å². The molecule has 0 N–H and O–H groups in total. The van der Waals surface area contributed by atoms with E-state index < -0.39 is 24.1 Å². The lowest BCUT2D eigenvalue weighted by Crippen LogP contribution is -2.27. The van der Waals surface area contributed by atoms with Crippen LogP contribution in [0.3, 0.4) is 0 Å². The maximum Gasteiger partial charge on any atom is 0.344 e. The van der Waals surface area contributed by atoms with Crippen LogP contribution in [-0.2, 0) is 20.7 Å². The number of carbonyl (C=O) groups is 2. The summed E-state index contributed by atoms with van der Waals surface area (Å²) >= 11 is 0. The maximum absolute atomic E-state index is 12.2. The highest BCUT2D eigenvalue weighted by molar-refractivity contribution is 5.91. The zero-order chi connectivity index (χ0) is 17.7. The first kappa shape index (κ1) is 17.7.